The molecular weight excluding hydrogens is 481 g/mol. The van der Waals surface area contributed by atoms with Crippen LogP contribution < -0.4 is 5.32 Å². The third-order valence-electron chi connectivity index (χ3n) is 5.81. The molecule has 0 aliphatic carbocycles. The van der Waals surface area contributed by atoms with E-state index in [1.54, 1.807) is 0 Å². The van der Waals surface area contributed by atoms with Crippen LogP contribution in [0.2, 0.25) is 0 Å². The summed E-state index contributed by atoms with van der Waals surface area (Å²) < 4.78 is 29.1. The second kappa shape index (κ2) is 9.58. The molecule has 2 N–H and O–H groups in total. The quantitative estimate of drug-likeness (QED) is 0.333. The van der Waals surface area contributed by atoms with Crippen molar-refractivity contribution in [2.24, 2.45) is 16.3 Å². The van der Waals surface area contributed by atoms with Crippen molar-refractivity contribution in [1.82, 2.24) is 10.2 Å². The summed E-state index contributed by atoms with van der Waals surface area (Å²) in [6, 6.07) is 0. The van der Waals surface area contributed by atoms with Gasteiger partial charge in [0.15, 0.2) is 15.8 Å². The number of guanidine groups is 1. The zero-order valence-electron chi connectivity index (χ0n) is 16.4. The Balaban J connectivity index is 0.00000261. The van der Waals surface area contributed by atoms with Crippen LogP contribution in [0.15, 0.2) is 4.99 Å². The van der Waals surface area contributed by atoms with E-state index >= 15 is 0 Å². The zero-order chi connectivity index (χ0) is 18.8. The van der Waals surface area contributed by atoms with Crippen LogP contribution in [0.5, 0.6) is 0 Å². The topological polar surface area (TPSA) is 91.2 Å². The fourth-order valence-corrected chi connectivity index (χ4v) is 5.89. The molecule has 0 aromatic heterocycles. The molecule has 9 heteroatoms. The number of aliphatic hydroxyl groups is 1. The molecule has 3 unspecified atom stereocenters. The Morgan fingerprint density at radius 1 is 1.33 bits per heavy atom. The Morgan fingerprint density at radius 2 is 2.11 bits per heavy atom. The average Bonchev–Trinajstić information content (AvgIpc) is 3.19. The average molecular weight is 515 g/mol. The molecule has 0 bridgehead atoms. The predicted octanol–water partition coefficient (Wildman–Crippen LogP) is 1.26. The number of piperidine rings is 1. The van der Waals surface area contributed by atoms with E-state index < -0.39 is 9.84 Å². The van der Waals surface area contributed by atoms with E-state index in [1.807, 2.05) is 0 Å². The molecule has 0 amide bonds. The maximum atomic E-state index is 11.7. The minimum Gasteiger partial charge on any atom is -0.392 e. The van der Waals surface area contributed by atoms with Gasteiger partial charge in [0.1, 0.15) is 0 Å². The van der Waals surface area contributed by atoms with E-state index in [1.165, 1.54) is 0 Å². The largest absolute Gasteiger partial charge is 0.392 e. The van der Waals surface area contributed by atoms with Gasteiger partial charge in [-0.1, -0.05) is 13.8 Å². The lowest BCUT2D eigenvalue weighted by Gasteiger charge is -2.43. The maximum Gasteiger partial charge on any atom is 0.194 e. The number of nitrogens with one attached hydrogen (secondary N) is 1. The highest BCUT2D eigenvalue weighted by Gasteiger charge is 2.36. The fraction of sp³-hybridized carbons (Fsp3) is 0.944. The number of halogens is 1. The second-order valence-corrected chi connectivity index (χ2v) is 10.9. The highest BCUT2D eigenvalue weighted by molar-refractivity contribution is 14.0. The number of ether oxygens (including phenoxy) is 1. The molecule has 3 rings (SSSR count). The van der Waals surface area contributed by atoms with Crippen molar-refractivity contribution in [3.63, 3.8) is 0 Å². The van der Waals surface area contributed by atoms with Crippen LogP contribution in [0.3, 0.4) is 0 Å². The van der Waals surface area contributed by atoms with E-state index in [0.29, 0.717) is 19.4 Å². The predicted molar refractivity (Wildman–Crippen MR) is 117 cm³/mol. The van der Waals surface area contributed by atoms with Gasteiger partial charge in [-0.3, -0.25) is 4.99 Å². The van der Waals surface area contributed by atoms with Crippen molar-refractivity contribution in [2.75, 3.05) is 44.3 Å². The smallest absolute Gasteiger partial charge is 0.194 e. The van der Waals surface area contributed by atoms with Gasteiger partial charge >= 0.3 is 0 Å². The van der Waals surface area contributed by atoms with Gasteiger partial charge in [-0.15, -0.1) is 24.0 Å². The van der Waals surface area contributed by atoms with Crippen molar-refractivity contribution in [1.29, 1.82) is 0 Å². The molecule has 3 fully saturated rings. The molecule has 3 atom stereocenters. The number of sulfone groups is 1. The molecular formula is C18H34IN3O4S. The minimum absolute atomic E-state index is 0. The number of aliphatic imine (C=N–C) groups is 1. The van der Waals surface area contributed by atoms with E-state index in [4.69, 9.17) is 9.73 Å². The van der Waals surface area contributed by atoms with Crippen LogP contribution in [0, 0.1) is 11.3 Å². The number of rotatable bonds is 4. The maximum absolute atomic E-state index is 11.7. The molecule has 0 radical (unpaired) electrons. The van der Waals surface area contributed by atoms with Crippen molar-refractivity contribution in [3.05, 3.63) is 0 Å². The summed E-state index contributed by atoms with van der Waals surface area (Å²) in [7, 11) is -2.88. The van der Waals surface area contributed by atoms with Crippen LogP contribution >= 0.6 is 24.0 Å². The van der Waals surface area contributed by atoms with Crippen LogP contribution in [0.25, 0.3) is 0 Å². The molecule has 3 aliphatic rings. The first kappa shape index (κ1) is 23.2. The lowest BCUT2D eigenvalue weighted by molar-refractivity contribution is -0.00528. The Morgan fingerprint density at radius 3 is 2.70 bits per heavy atom. The van der Waals surface area contributed by atoms with Crippen LogP contribution in [-0.4, -0.2) is 80.9 Å². The van der Waals surface area contributed by atoms with Crippen LogP contribution in [-0.2, 0) is 14.6 Å². The fourth-order valence-electron chi connectivity index (χ4n) is 4.04. The molecule has 3 heterocycles. The first-order valence-electron chi connectivity index (χ1n) is 9.78. The highest BCUT2D eigenvalue weighted by atomic mass is 127. The van der Waals surface area contributed by atoms with E-state index in [2.05, 4.69) is 24.1 Å². The third-order valence-corrected chi connectivity index (χ3v) is 7.65. The summed E-state index contributed by atoms with van der Waals surface area (Å²) in [4.78, 5) is 6.98. The van der Waals surface area contributed by atoms with Gasteiger partial charge in [0.2, 0.25) is 0 Å². The summed E-state index contributed by atoms with van der Waals surface area (Å²) in [5.41, 5.74) is -0.193. The Bertz CT molecular complexity index is 620. The van der Waals surface area contributed by atoms with E-state index in [0.717, 1.165) is 45.0 Å². The number of aliphatic hydroxyl groups excluding tert-OH is 1. The first-order valence-corrected chi connectivity index (χ1v) is 11.6. The van der Waals surface area contributed by atoms with Gasteiger partial charge in [-0.05, 0) is 31.6 Å². The Labute approximate surface area is 180 Å². The number of hydrogen-bond donors (Lipinski definition) is 2. The number of likely N-dealkylation sites (tertiary alicyclic amines) is 1. The lowest BCUT2D eigenvalue weighted by Crippen LogP contribution is -2.54. The molecule has 158 valence electrons. The minimum atomic E-state index is -2.88. The van der Waals surface area contributed by atoms with Crippen LogP contribution in [0.1, 0.15) is 39.5 Å². The van der Waals surface area contributed by atoms with Crippen molar-refractivity contribution in [2.45, 2.75) is 51.7 Å². The Kier molecular flexibility index (Phi) is 8.21. The zero-order valence-corrected chi connectivity index (χ0v) is 19.5. The molecule has 0 aromatic carbocycles. The molecule has 0 aromatic rings. The molecule has 0 spiro atoms. The molecule has 27 heavy (non-hydrogen) atoms. The molecule has 0 saturated carbocycles. The second-order valence-electron chi connectivity index (χ2n) is 8.66. The van der Waals surface area contributed by atoms with Gasteiger partial charge in [0, 0.05) is 38.2 Å². The monoisotopic (exact) mass is 515 g/mol. The van der Waals surface area contributed by atoms with E-state index in [-0.39, 0.29) is 59.0 Å². The highest BCUT2D eigenvalue weighted by Crippen LogP contribution is 2.29. The van der Waals surface area contributed by atoms with Crippen molar-refractivity contribution in [3.8, 4) is 0 Å². The standard InChI is InChI=1S/C18H33N3O4S.HI/c1-18(2)13-21(7-5-16(18)22)17(20-11-15-4-3-8-25-15)19-10-14-6-9-26(23,24)12-14;/h14-16,22H,3-13H2,1-2H3,(H,19,20);1H. The summed E-state index contributed by atoms with van der Waals surface area (Å²) in [6.07, 6.45) is 3.49. The van der Waals surface area contributed by atoms with E-state index in [9.17, 15) is 13.5 Å². The van der Waals surface area contributed by atoms with Gasteiger partial charge in [0.25, 0.3) is 0 Å². The number of hydrogen-bond acceptors (Lipinski definition) is 5. The summed E-state index contributed by atoms with van der Waals surface area (Å²) in [5.74, 6) is 1.47. The summed E-state index contributed by atoms with van der Waals surface area (Å²) in [6.45, 7) is 7.71. The first-order chi connectivity index (χ1) is 12.3. The SMILES string of the molecule is CC1(C)CN(C(=NCC2CCS(=O)(=O)C2)NCC2CCCO2)CCC1O.I. The van der Waals surface area contributed by atoms with Gasteiger partial charge in [-0.25, -0.2) is 8.42 Å². The molecule has 3 aliphatic heterocycles. The summed E-state index contributed by atoms with van der Waals surface area (Å²) in [5, 5.41) is 13.7. The van der Waals surface area contributed by atoms with Gasteiger partial charge < -0.3 is 20.1 Å². The molecule has 7 nitrogen and oxygen atoms in total. The Hall–Kier alpha value is -0.130. The number of nitrogens with zero attached hydrogens (tertiary/aromatic N) is 2. The lowest BCUT2D eigenvalue weighted by atomic mass is 9.81. The van der Waals surface area contributed by atoms with Crippen LogP contribution in [0.4, 0.5) is 0 Å². The van der Waals surface area contributed by atoms with Gasteiger partial charge in [-0.2, -0.15) is 0 Å². The molecule has 3 saturated heterocycles. The van der Waals surface area contributed by atoms with Crippen molar-refractivity contribution >= 4 is 39.8 Å². The van der Waals surface area contributed by atoms with Gasteiger partial charge in [0.05, 0.1) is 23.7 Å². The normalized spacial score (nSPS) is 32.9. The summed E-state index contributed by atoms with van der Waals surface area (Å²) >= 11 is 0. The van der Waals surface area contributed by atoms with Crippen molar-refractivity contribution < 1.29 is 18.3 Å². The third kappa shape index (κ3) is 6.43.